The Bertz CT molecular complexity index is 917. The minimum absolute atomic E-state index is 0.0620. The van der Waals surface area contributed by atoms with Crippen molar-refractivity contribution in [2.24, 2.45) is 0 Å². The van der Waals surface area contributed by atoms with Crippen LogP contribution in [0.15, 0.2) is 48.5 Å². The first kappa shape index (κ1) is 19.3. The number of halogens is 1. The van der Waals surface area contributed by atoms with Crippen molar-refractivity contribution in [2.45, 2.75) is 19.5 Å². The summed E-state index contributed by atoms with van der Waals surface area (Å²) in [5.74, 6) is 0.0620. The molecule has 3 aromatic rings. The van der Waals surface area contributed by atoms with Crippen LogP contribution < -0.4 is 15.1 Å². The molecule has 0 radical (unpaired) electrons. The van der Waals surface area contributed by atoms with E-state index in [1.165, 1.54) is 14.6 Å². The molecule has 1 amide bonds. The highest BCUT2D eigenvalue weighted by atomic mass is 35.5. The number of nitrogens with zero attached hydrogens (tertiary/aromatic N) is 1. The average Bonchev–Trinajstić information content (AvgIpc) is 3.12. The molecule has 2 aromatic carbocycles. The predicted octanol–water partition coefficient (Wildman–Crippen LogP) is 1.26. The second kappa shape index (κ2) is 8.57. The minimum atomic E-state index is -0.0697. The highest BCUT2D eigenvalue weighted by Gasteiger charge is 2.31. The number of aromatic nitrogens is 1. The Balaban J connectivity index is 1.29. The Morgan fingerprint density at radius 2 is 1.86 bits per heavy atom. The number of fused-ring (bicyclic) bond motifs is 1. The van der Waals surface area contributed by atoms with Gasteiger partial charge < -0.3 is 15.1 Å². The molecule has 0 saturated carbocycles. The lowest BCUT2D eigenvalue weighted by Gasteiger charge is -2.32. The zero-order chi connectivity index (χ0) is 19.5. The Morgan fingerprint density at radius 3 is 2.57 bits per heavy atom. The van der Waals surface area contributed by atoms with Gasteiger partial charge in [-0.25, -0.2) is 4.98 Å². The fourth-order valence-electron chi connectivity index (χ4n) is 3.71. The van der Waals surface area contributed by atoms with E-state index in [2.05, 4.69) is 23.5 Å². The Morgan fingerprint density at radius 1 is 1.14 bits per heavy atom. The van der Waals surface area contributed by atoms with Gasteiger partial charge >= 0.3 is 0 Å². The fourth-order valence-corrected chi connectivity index (χ4v) is 4.88. The van der Waals surface area contributed by atoms with Crippen molar-refractivity contribution in [3.63, 3.8) is 0 Å². The van der Waals surface area contributed by atoms with E-state index in [0.717, 1.165) is 43.9 Å². The maximum atomic E-state index is 12.6. The predicted molar refractivity (Wildman–Crippen MR) is 114 cm³/mol. The van der Waals surface area contributed by atoms with Crippen molar-refractivity contribution >= 4 is 44.7 Å². The fraction of sp³-hybridized carbons (Fsp3) is 0.333. The Labute approximate surface area is 173 Å². The third-order valence-electron chi connectivity index (χ3n) is 5.46. The van der Waals surface area contributed by atoms with Crippen LogP contribution in [0.4, 0.5) is 5.69 Å². The molecule has 1 aliphatic rings. The maximum Gasteiger partial charge on any atom is 0.282 e. The van der Waals surface area contributed by atoms with Crippen molar-refractivity contribution in [1.82, 2.24) is 4.98 Å². The van der Waals surface area contributed by atoms with Crippen LogP contribution in [0, 0.1) is 0 Å². The first-order valence-corrected chi connectivity index (χ1v) is 10.9. The van der Waals surface area contributed by atoms with Gasteiger partial charge in [0, 0.05) is 10.7 Å². The zero-order valence-electron chi connectivity index (χ0n) is 15.9. The molecule has 1 aromatic heterocycles. The standard InChI is InChI=1S/C21H23ClN4OS/c1-15(21(27)23-17-8-6-16(22)7-9-17)26-12-10-25(11-13-26)14-20-24-18-4-2-3-5-19(18)28-20/h2-9,15H,10-14H2,1H3,(H,23,27)/p+2/t15-/m0/s1. The molecule has 146 valence electrons. The molecule has 0 unspecified atom stereocenters. The largest absolute Gasteiger partial charge is 0.321 e. The second-order valence-corrected chi connectivity index (χ2v) is 8.93. The van der Waals surface area contributed by atoms with E-state index >= 15 is 0 Å². The van der Waals surface area contributed by atoms with Crippen molar-refractivity contribution in [3.8, 4) is 0 Å². The molecule has 5 nitrogen and oxygen atoms in total. The lowest BCUT2D eigenvalue weighted by molar-refractivity contribution is -1.02. The van der Waals surface area contributed by atoms with Gasteiger partial charge in [-0.15, -0.1) is 11.3 Å². The molecule has 3 N–H and O–H groups in total. The number of hydrogen-bond acceptors (Lipinski definition) is 3. The number of carbonyl (C=O) groups excluding carboxylic acids is 1. The van der Waals surface area contributed by atoms with Gasteiger partial charge in [-0.2, -0.15) is 0 Å². The number of anilines is 1. The number of amides is 1. The molecule has 4 rings (SSSR count). The van der Waals surface area contributed by atoms with Crippen molar-refractivity contribution in [1.29, 1.82) is 0 Å². The summed E-state index contributed by atoms with van der Waals surface area (Å²) < 4.78 is 1.26. The van der Waals surface area contributed by atoms with Crippen LogP contribution in [0.25, 0.3) is 10.2 Å². The van der Waals surface area contributed by atoms with E-state index in [9.17, 15) is 4.79 Å². The van der Waals surface area contributed by atoms with Gasteiger partial charge in [0.05, 0.1) is 10.2 Å². The topological polar surface area (TPSA) is 50.9 Å². The first-order valence-electron chi connectivity index (χ1n) is 9.67. The van der Waals surface area contributed by atoms with Gasteiger partial charge in [-0.1, -0.05) is 23.7 Å². The molecule has 1 saturated heterocycles. The number of benzene rings is 2. The molecule has 0 aliphatic carbocycles. The lowest BCUT2D eigenvalue weighted by atomic mass is 10.2. The number of para-hydroxylation sites is 1. The number of nitrogens with one attached hydrogen (secondary N) is 3. The van der Waals surface area contributed by atoms with Crippen LogP contribution in [0.3, 0.4) is 0 Å². The van der Waals surface area contributed by atoms with Crippen LogP contribution in [-0.4, -0.2) is 43.1 Å². The highest BCUT2D eigenvalue weighted by Crippen LogP contribution is 2.20. The number of piperazine rings is 1. The van der Waals surface area contributed by atoms with Crippen LogP contribution >= 0.6 is 22.9 Å². The van der Waals surface area contributed by atoms with E-state index in [-0.39, 0.29) is 11.9 Å². The van der Waals surface area contributed by atoms with Crippen molar-refractivity contribution in [2.75, 3.05) is 31.5 Å². The molecular weight excluding hydrogens is 392 g/mol. The second-order valence-electron chi connectivity index (χ2n) is 7.38. The van der Waals surface area contributed by atoms with Gasteiger partial charge in [0.1, 0.15) is 37.7 Å². The van der Waals surface area contributed by atoms with Crippen LogP contribution in [0.2, 0.25) is 5.02 Å². The van der Waals surface area contributed by atoms with Gasteiger partial charge in [0.15, 0.2) is 6.04 Å². The van der Waals surface area contributed by atoms with Gasteiger partial charge in [-0.05, 0) is 43.3 Å². The summed E-state index contributed by atoms with van der Waals surface area (Å²) in [6.07, 6.45) is 0. The van der Waals surface area contributed by atoms with E-state index < -0.39 is 0 Å². The normalized spacial score (nSPS) is 20.8. The number of quaternary nitrogens is 2. The van der Waals surface area contributed by atoms with E-state index in [0.29, 0.717) is 5.02 Å². The summed E-state index contributed by atoms with van der Waals surface area (Å²) in [7, 11) is 0. The van der Waals surface area contributed by atoms with Crippen LogP contribution in [0.5, 0.6) is 0 Å². The smallest absolute Gasteiger partial charge is 0.282 e. The molecule has 1 atom stereocenters. The summed E-state index contributed by atoms with van der Waals surface area (Å²) in [6.45, 7) is 7.09. The number of hydrogen-bond donors (Lipinski definition) is 3. The summed E-state index contributed by atoms with van der Waals surface area (Å²) in [4.78, 5) is 20.2. The summed E-state index contributed by atoms with van der Waals surface area (Å²) in [5, 5.41) is 4.87. The Kier molecular flexibility index (Phi) is 5.92. The SMILES string of the molecule is C[C@@H](C(=O)Nc1ccc(Cl)cc1)[NH+]1CC[NH+](Cc2nc3ccccc3s2)CC1. The number of rotatable bonds is 5. The molecule has 1 aliphatic heterocycles. The monoisotopic (exact) mass is 416 g/mol. The molecule has 2 heterocycles. The average molecular weight is 417 g/mol. The lowest BCUT2D eigenvalue weighted by Crippen LogP contribution is -3.29. The van der Waals surface area contributed by atoms with Crippen LogP contribution in [-0.2, 0) is 11.3 Å². The highest BCUT2D eigenvalue weighted by molar-refractivity contribution is 7.18. The molecule has 28 heavy (non-hydrogen) atoms. The molecule has 1 fully saturated rings. The third-order valence-corrected chi connectivity index (χ3v) is 6.74. The quantitative estimate of drug-likeness (QED) is 0.586. The number of carbonyl (C=O) groups is 1. The summed E-state index contributed by atoms with van der Waals surface area (Å²) >= 11 is 7.70. The molecule has 0 spiro atoms. The van der Waals surface area contributed by atoms with Gasteiger partial charge in [-0.3, -0.25) is 4.79 Å². The van der Waals surface area contributed by atoms with Crippen molar-refractivity contribution in [3.05, 3.63) is 58.6 Å². The molecule has 0 bridgehead atoms. The molecular formula is C21H25ClN4OS+2. The third kappa shape index (κ3) is 4.52. The zero-order valence-corrected chi connectivity index (χ0v) is 17.4. The van der Waals surface area contributed by atoms with Gasteiger partial charge in [0.2, 0.25) is 0 Å². The van der Waals surface area contributed by atoms with Crippen LogP contribution in [0.1, 0.15) is 11.9 Å². The minimum Gasteiger partial charge on any atom is -0.321 e. The van der Waals surface area contributed by atoms with E-state index in [1.807, 2.05) is 25.1 Å². The molecule has 7 heteroatoms. The maximum absolute atomic E-state index is 12.6. The summed E-state index contributed by atoms with van der Waals surface area (Å²) in [6, 6.07) is 15.5. The van der Waals surface area contributed by atoms with Crippen molar-refractivity contribution < 1.29 is 14.6 Å². The van der Waals surface area contributed by atoms with E-state index in [1.54, 1.807) is 28.4 Å². The first-order chi connectivity index (χ1) is 13.6. The number of thiazole rings is 1. The van der Waals surface area contributed by atoms with Gasteiger partial charge in [0.25, 0.3) is 5.91 Å². The summed E-state index contributed by atoms with van der Waals surface area (Å²) in [5.41, 5.74) is 1.89. The Hall–Kier alpha value is -1.99. The van der Waals surface area contributed by atoms with E-state index in [4.69, 9.17) is 16.6 Å².